The van der Waals surface area contributed by atoms with Crippen molar-refractivity contribution in [1.29, 1.82) is 0 Å². The highest BCUT2D eigenvalue weighted by molar-refractivity contribution is 7.99. The molecule has 0 saturated carbocycles. The smallest absolute Gasteiger partial charge is 0.190 e. The van der Waals surface area contributed by atoms with Crippen LogP contribution in [0.4, 0.5) is 0 Å². The summed E-state index contributed by atoms with van der Waals surface area (Å²) < 4.78 is 1.94. The van der Waals surface area contributed by atoms with Crippen LogP contribution in [0.1, 0.15) is 27.2 Å². The summed E-state index contributed by atoms with van der Waals surface area (Å²) in [6, 6.07) is 0. The summed E-state index contributed by atoms with van der Waals surface area (Å²) in [6.45, 7) is 8.91. The van der Waals surface area contributed by atoms with E-state index in [9.17, 15) is 0 Å². The Bertz CT molecular complexity index is 303. The fourth-order valence-corrected chi connectivity index (χ4v) is 1.99. The number of thioether (sulfide) groups is 1. The monoisotopic (exact) mass is 242 g/mol. The van der Waals surface area contributed by atoms with E-state index < -0.39 is 0 Å². The molecular formula is C11H22N4S. The summed E-state index contributed by atoms with van der Waals surface area (Å²) in [5, 5.41) is 12.3. The predicted molar refractivity (Wildman–Crippen MR) is 68.7 cm³/mol. The molecule has 0 fully saturated rings. The first-order valence-corrected chi connectivity index (χ1v) is 6.65. The Kier molecular flexibility index (Phi) is 5.28. The highest BCUT2D eigenvalue weighted by Crippen LogP contribution is 2.17. The van der Waals surface area contributed by atoms with Gasteiger partial charge >= 0.3 is 0 Å². The predicted octanol–water partition coefficient (Wildman–Crippen LogP) is 1.93. The first kappa shape index (κ1) is 13.5. The van der Waals surface area contributed by atoms with E-state index >= 15 is 0 Å². The molecule has 1 rings (SSSR count). The van der Waals surface area contributed by atoms with E-state index in [0.29, 0.717) is 5.41 Å². The van der Waals surface area contributed by atoms with E-state index in [0.717, 1.165) is 24.0 Å². The summed E-state index contributed by atoms with van der Waals surface area (Å²) >= 11 is 1.74. The minimum Gasteiger partial charge on any atom is -0.316 e. The van der Waals surface area contributed by atoms with Crippen molar-refractivity contribution in [3.63, 3.8) is 0 Å². The van der Waals surface area contributed by atoms with Crippen molar-refractivity contribution in [2.75, 3.05) is 18.8 Å². The van der Waals surface area contributed by atoms with Crippen LogP contribution >= 0.6 is 11.8 Å². The fraction of sp³-hybridized carbons (Fsp3) is 0.818. The van der Waals surface area contributed by atoms with Crippen molar-refractivity contribution in [1.82, 2.24) is 20.1 Å². The van der Waals surface area contributed by atoms with Crippen LogP contribution in [0.25, 0.3) is 0 Å². The number of nitrogens with one attached hydrogen (secondary N) is 1. The van der Waals surface area contributed by atoms with Crippen LogP contribution in [0.2, 0.25) is 0 Å². The number of hydrogen-bond acceptors (Lipinski definition) is 4. The van der Waals surface area contributed by atoms with Gasteiger partial charge in [-0.15, -0.1) is 10.2 Å². The van der Waals surface area contributed by atoms with Gasteiger partial charge in [-0.2, -0.15) is 0 Å². The van der Waals surface area contributed by atoms with Gasteiger partial charge in [-0.1, -0.05) is 32.5 Å². The van der Waals surface area contributed by atoms with E-state index in [1.165, 1.54) is 6.42 Å². The van der Waals surface area contributed by atoms with Crippen LogP contribution in [-0.2, 0) is 7.05 Å². The number of rotatable bonds is 6. The van der Waals surface area contributed by atoms with Crippen LogP contribution in [0.5, 0.6) is 0 Å². The maximum absolute atomic E-state index is 4.02. The Morgan fingerprint density at radius 3 is 2.69 bits per heavy atom. The first-order valence-electron chi connectivity index (χ1n) is 5.66. The molecule has 0 aliphatic rings. The topological polar surface area (TPSA) is 42.7 Å². The lowest BCUT2D eigenvalue weighted by Gasteiger charge is -2.17. The lowest BCUT2D eigenvalue weighted by Crippen LogP contribution is -2.22. The van der Waals surface area contributed by atoms with Crippen LogP contribution < -0.4 is 5.32 Å². The standard InChI is InChI=1S/C11H22N4S/c1-11(2,3)5-6-12-7-8-16-10-14-13-9-15(10)4/h9,12H,5-8H2,1-4H3. The number of hydrogen-bond donors (Lipinski definition) is 1. The van der Waals surface area contributed by atoms with E-state index in [2.05, 4.69) is 36.3 Å². The van der Waals surface area contributed by atoms with Crippen molar-refractivity contribution in [2.45, 2.75) is 32.3 Å². The molecule has 1 heterocycles. The maximum atomic E-state index is 4.02. The van der Waals surface area contributed by atoms with E-state index in [-0.39, 0.29) is 0 Å². The van der Waals surface area contributed by atoms with Gasteiger partial charge in [-0.05, 0) is 18.4 Å². The molecule has 0 saturated heterocycles. The molecule has 0 aliphatic carbocycles. The van der Waals surface area contributed by atoms with Crippen LogP contribution in [0.3, 0.4) is 0 Å². The zero-order valence-electron chi connectivity index (χ0n) is 10.7. The molecule has 5 heteroatoms. The number of aryl methyl sites for hydroxylation is 1. The Balaban J connectivity index is 2.03. The van der Waals surface area contributed by atoms with Gasteiger partial charge in [0.25, 0.3) is 0 Å². The molecule has 1 aromatic heterocycles. The molecule has 0 amide bonds. The molecule has 0 atom stereocenters. The van der Waals surface area contributed by atoms with Gasteiger partial charge in [-0.25, -0.2) is 0 Å². The third kappa shape index (κ3) is 5.51. The zero-order valence-corrected chi connectivity index (χ0v) is 11.5. The Morgan fingerprint density at radius 1 is 1.38 bits per heavy atom. The molecule has 0 bridgehead atoms. The molecule has 4 nitrogen and oxygen atoms in total. The average Bonchev–Trinajstić information content (AvgIpc) is 2.56. The normalized spacial score (nSPS) is 12.0. The minimum atomic E-state index is 0.420. The second-order valence-corrected chi connectivity index (χ2v) is 6.20. The fourth-order valence-electron chi connectivity index (χ4n) is 1.21. The van der Waals surface area contributed by atoms with Crippen molar-refractivity contribution >= 4 is 11.8 Å². The van der Waals surface area contributed by atoms with Gasteiger partial charge < -0.3 is 9.88 Å². The van der Waals surface area contributed by atoms with E-state index in [4.69, 9.17) is 0 Å². The summed E-state index contributed by atoms with van der Waals surface area (Å²) in [6.07, 6.45) is 2.94. The Hall–Kier alpha value is -0.550. The lowest BCUT2D eigenvalue weighted by molar-refractivity contribution is 0.369. The summed E-state index contributed by atoms with van der Waals surface area (Å²) in [5.74, 6) is 1.04. The summed E-state index contributed by atoms with van der Waals surface area (Å²) in [4.78, 5) is 0. The van der Waals surface area contributed by atoms with Crippen molar-refractivity contribution in [3.05, 3.63) is 6.33 Å². The van der Waals surface area contributed by atoms with Gasteiger partial charge in [0.2, 0.25) is 0 Å². The lowest BCUT2D eigenvalue weighted by atomic mass is 9.92. The highest BCUT2D eigenvalue weighted by atomic mass is 32.2. The maximum Gasteiger partial charge on any atom is 0.190 e. The van der Waals surface area contributed by atoms with Crippen LogP contribution in [0.15, 0.2) is 11.5 Å². The van der Waals surface area contributed by atoms with E-state index in [1.54, 1.807) is 18.1 Å². The molecule has 0 aliphatic heterocycles. The Morgan fingerprint density at radius 2 is 2.12 bits per heavy atom. The third-order valence-corrected chi connectivity index (χ3v) is 3.27. The van der Waals surface area contributed by atoms with Gasteiger partial charge in [-0.3, -0.25) is 0 Å². The van der Waals surface area contributed by atoms with Crippen LogP contribution in [-0.4, -0.2) is 33.6 Å². The summed E-state index contributed by atoms with van der Waals surface area (Å²) in [7, 11) is 1.97. The molecule has 1 aromatic rings. The number of aromatic nitrogens is 3. The Labute approximate surface area is 102 Å². The first-order chi connectivity index (χ1) is 7.49. The van der Waals surface area contributed by atoms with Gasteiger partial charge in [0.1, 0.15) is 6.33 Å². The van der Waals surface area contributed by atoms with Gasteiger partial charge in [0, 0.05) is 19.3 Å². The molecule has 1 N–H and O–H groups in total. The quantitative estimate of drug-likeness (QED) is 0.611. The molecular weight excluding hydrogens is 220 g/mol. The molecule has 0 unspecified atom stereocenters. The average molecular weight is 242 g/mol. The highest BCUT2D eigenvalue weighted by Gasteiger charge is 2.08. The molecule has 16 heavy (non-hydrogen) atoms. The van der Waals surface area contributed by atoms with Crippen molar-refractivity contribution < 1.29 is 0 Å². The third-order valence-electron chi connectivity index (χ3n) is 2.23. The zero-order chi connectivity index (χ0) is 12.0. The SMILES string of the molecule is Cn1cnnc1SCCNCCC(C)(C)C. The van der Waals surface area contributed by atoms with Gasteiger partial charge in [0.05, 0.1) is 0 Å². The molecule has 0 spiro atoms. The van der Waals surface area contributed by atoms with E-state index in [1.807, 2.05) is 11.6 Å². The second kappa shape index (κ2) is 6.25. The number of nitrogens with zero attached hydrogens (tertiary/aromatic N) is 3. The molecule has 92 valence electrons. The summed E-state index contributed by atoms with van der Waals surface area (Å²) in [5.41, 5.74) is 0.420. The molecule has 0 radical (unpaired) electrons. The van der Waals surface area contributed by atoms with Crippen LogP contribution in [0, 0.1) is 5.41 Å². The largest absolute Gasteiger partial charge is 0.316 e. The van der Waals surface area contributed by atoms with Crippen molar-refractivity contribution in [3.8, 4) is 0 Å². The minimum absolute atomic E-state index is 0.420. The van der Waals surface area contributed by atoms with Gasteiger partial charge in [0.15, 0.2) is 5.16 Å². The van der Waals surface area contributed by atoms with Crippen molar-refractivity contribution in [2.24, 2.45) is 12.5 Å². The second-order valence-electron chi connectivity index (χ2n) is 5.13. The molecule has 0 aromatic carbocycles.